The maximum absolute atomic E-state index is 13.6. The predicted molar refractivity (Wildman–Crippen MR) is 116 cm³/mol. The van der Waals surface area contributed by atoms with Gasteiger partial charge in [0, 0.05) is 5.69 Å². The number of alkyl halides is 3. The van der Waals surface area contributed by atoms with Crippen molar-refractivity contribution in [3.05, 3.63) is 77.6 Å². The average molecular weight is 474 g/mol. The fourth-order valence-electron chi connectivity index (χ4n) is 3.09. The molecule has 2 aromatic carbocycles. The summed E-state index contributed by atoms with van der Waals surface area (Å²) >= 11 is 0. The Morgan fingerprint density at radius 2 is 1.68 bits per heavy atom. The fourth-order valence-corrected chi connectivity index (χ4v) is 3.09. The van der Waals surface area contributed by atoms with Crippen molar-refractivity contribution in [2.24, 2.45) is 0 Å². The summed E-state index contributed by atoms with van der Waals surface area (Å²) in [4.78, 5) is 35.9. The molecule has 178 valence electrons. The summed E-state index contributed by atoms with van der Waals surface area (Å²) in [6, 6.07) is 14.4. The number of ether oxygens (including phenoxy) is 1. The Morgan fingerprint density at radius 1 is 1.00 bits per heavy atom. The molecule has 34 heavy (non-hydrogen) atoms. The molecule has 0 aliphatic rings. The first-order chi connectivity index (χ1) is 16.2. The van der Waals surface area contributed by atoms with Crippen LogP contribution in [0.2, 0.25) is 0 Å². The second kappa shape index (κ2) is 10.6. The fraction of sp³-hybridized carbons (Fsp3) is 0.217. The summed E-state index contributed by atoms with van der Waals surface area (Å²) in [5, 5.41) is 8.74. The second-order valence-electron chi connectivity index (χ2n) is 7.07. The van der Waals surface area contributed by atoms with Gasteiger partial charge in [-0.3, -0.25) is 9.59 Å². The second-order valence-corrected chi connectivity index (χ2v) is 7.07. The molecule has 2 amide bonds. The molecule has 1 aromatic heterocycles. The van der Waals surface area contributed by atoms with Gasteiger partial charge < -0.3 is 15.4 Å². The predicted octanol–water partition coefficient (Wildman–Crippen LogP) is 3.37. The lowest BCUT2D eigenvalue weighted by Gasteiger charge is -2.13. The molecule has 0 aliphatic heterocycles. The Morgan fingerprint density at radius 3 is 2.29 bits per heavy atom. The van der Waals surface area contributed by atoms with Gasteiger partial charge in [-0.05, 0) is 36.8 Å². The summed E-state index contributed by atoms with van der Waals surface area (Å²) < 4.78 is 46.1. The van der Waals surface area contributed by atoms with E-state index >= 15 is 0 Å². The monoisotopic (exact) mass is 474 g/mol. The van der Waals surface area contributed by atoms with Crippen molar-refractivity contribution in [1.82, 2.24) is 15.1 Å². The van der Waals surface area contributed by atoms with Crippen LogP contribution in [0.3, 0.4) is 0 Å². The molecule has 1 heterocycles. The molecule has 11 heteroatoms. The van der Waals surface area contributed by atoms with E-state index in [1.807, 2.05) is 6.07 Å². The summed E-state index contributed by atoms with van der Waals surface area (Å²) in [6.45, 7) is 1.13. The van der Waals surface area contributed by atoms with Gasteiger partial charge in [0.2, 0.25) is 11.8 Å². The quantitative estimate of drug-likeness (QED) is 0.488. The van der Waals surface area contributed by atoms with E-state index in [-0.39, 0.29) is 31.2 Å². The zero-order chi connectivity index (χ0) is 24.7. The van der Waals surface area contributed by atoms with Gasteiger partial charge >= 0.3 is 12.1 Å². The van der Waals surface area contributed by atoms with Crippen LogP contribution >= 0.6 is 0 Å². The minimum absolute atomic E-state index is 0.0250. The molecular formula is C23H21F3N4O4. The zero-order valence-electron chi connectivity index (χ0n) is 18.1. The van der Waals surface area contributed by atoms with E-state index in [0.717, 1.165) is 11.8 Å². The van der Waals surface area contributed by atoms with Crippen LogP contribution in [0.15, 0.2) is 60.8 Å². The number of hydrogen-bond donors (Lipinski definition) is 2. The molecule has 0 unspecified atom stereocenters. The van der Waals surface area contributed by atoms with Gasteiger partial charge in [0.25, 0.3) is 0 Å². The van der Waals surface area contributed by atoms with Gasteiger partial charge in [0.15, 0.2) is 5.69 Å². The Kier molecular flexibility index (Phi) is 7.67. The molecule has 2 N–H and O–H groups in total. The van der Waals surface area contributed by atoms with Crippen LogP contribution in [0, 0.1) is 0 Å². The molecule has 0 bridgehead atoms. The summed E-state index contributed by atoms with van der Waals surface area (Å²) in [5.41, 5.74) is -0.824. The smallest absolute Gasteiger partial charge is 0.434 e. The van der Waals surface area contributed by atoms with Crippen LogP contribution in [0.25, 0.3) is 5.69 Å². The third-order valence-corrected chi connectivity index (χ3v) is 4.58. The lowest BCUT2D eigenvalue weighted by atomic mass is 10.1. The van der Waals surface area contributed by atoms with Crippen LogP contribution in [0.5, 0.6) is 0 Å². The van der Waals surface area contributed by atoms with E-state index in [0.29, 0.717) is 10.4 Å². The van der Waals surface area contributed by atoms with Gasteiger partial charge in [-0.1, -0.05) is 30.3 Å². The Balaban J connectivity index is 1.64. The molecule has 3 aromatic rings. The van der Waals surface area contributed by atoms with E-state index in [9.17, 15) is 27.6 Å². The minimum Gasteiger partial charge on any atom is -0.462 e. The van der Waals surface area contributed by atoms with Gasteiger partial charge in [-0.25, -0.2) is 9.48 Å². The van der Waals surface area contributed by atoms with Crippen molar-refractivity contribution in [2.45, 2.75) is 19.5 Å². The Hall–Kier alpha value is -4.15. The summed E-state index contributed by atoms with van der Waals surface area (Å²) in [5.74, 6) is -1.96. The molecule has 0 fully saturated rings. The highest BCUT2D eigenvalue weighted by Crippen LogP contribution is 2.34. The first kappa shape index (κ1) is 24.5. The van der Waals surface area contributed by atoms with E-state index in [2.05, 4.69) is 20.5 Å². The molecular weight excluding hydrogens is 453 g/mol. The van der Waals surface area contributed by atoms with Crippen molar-refractivity contribution in [3.63, 3.8) is 0 Å². The van der Waals surface area contributed by atoms with Crippen LogP contribution in [0.4, 0.5) is 18.9 Å². The SMILES string of the molecule is CCOC(=O)c1cnn(-c2ccc(NC(=O)CNC(=O)Cc3ccccc3)cc2)c1C(F)(F)F. The number of carbonyl (C=O) groups excluding carboxylic acids is 3. The number of anilines is 1. The van der Waals surface area contributed by atoms with E-state index in [4.69, 9.17) is 0 Å². The number of rotatable bonds is 8. The maximum atomic E-state index is 13.6. The average Bonchev–Trinajstić information content (AvgIpc) is 3.25. The number of benzene rings is 2. The van der Waals surface area contributed by atoms with Crippen molar-refractivity contribution in [2.75, 3.05) is 18.5 Å². The molecule has 0 aliphatic carbocycles. The van der Waals surface area contributed by atoms with Gasteiger partial charge in [-0.15, -0.1) is 0 Å². The summed E-state index contributed by atoms with van der Waals surface area (Å²) in [6.07, 6.45) is -3.93. The van der Waals surface area contributed by atoms with Gasteiger partial charge in [0.1, 0.15) is 5.56 Å². The largest absolute Gasteiger partial charge is 0.462 e. The number of amides is 2. The van der Waals surface area contributed by atoms with Crippen LogP contribution in [0.1, 0.15) is 28.5 Å². The normalized spacial score (nSPS) is 11.1. The Bertz CT molecular complexity index is 1160. The van der Waals surface area contributed by atoms with Crippen molar-refractivity contribution >= 4 is 23.5 Å². The number of aromatic nitrogens is 2. The van der Waals surface area contributed by atoms with E-state index < -0.39 is 29.3 Å². The molecule has 0 radical (unpaired) electrons. The highest BCUT2D eigenvalue weighted by molar-refractivity contribution is 5.95. The van der Waals surface area contributed by atoms with Gasteiger partial charge in [-0.2, -0.15) is 18.3 Å². The molecule has 0 atom stereocenters. The number of hydrogen-bond acceptors (Lipinski definition) is 5. The molecule has 8 nitrogen and oxygen atoms in total. The molecule has 0 saturated carbocycles. The standard InChI is InChI=1S/C23H21F3N4O4/c1-2-34-22(33)18-13-28-30(21(18)23(24,25)26)17-10-8-16(9-11-17)29-20(32)14-27-19(31)12-15-6-4-3-5-7-15/h3-11,13H,2,12,14H2,1H3,(H,27,31)(H,29,32). The third-order valence-electron chi connectivity index (χ3n) is 4.58. The highest BCUT2D eigenvalue weighted by atomic mass is 19.4. The van der Waals surface area contributed by atoms with Crippen LogP contribution in [-0.4, -0.2) is 40.7 Å². The zero-order valence-corrected chi connectivity index (χ0v) is 18.1. The van der Waals surface area contributed by atoms with Crippen LogP contribution in [-0.2, 0) is 26.9 Å². The molecule has 0 saturated heterocycles. The van der Waals surface area contributed by atoms with E-state index in [1.54, 1.807) is 24.3 Å². The maximum Gasteiger partial charge on any atom is 0.434 e. The lowest BCUT2D eigenvalue weighted by molar-refractivity contribution is -0.143. The first-order valence-corrected chi connectivity index (χ1v) is 10.2. The van der Waals surface area contributed by atoms with E-state index in [1.165, 1.54) is 31.2 Å². The van der Waals surface area contributed by atoms with Crippen molar-refractivity contribution in [3.8, 4) is 5.69 Å². The number of esters is 1. The number of nitrogens with one attached hydrogen (secondary N) is 2. The van der Waals surface area contributed by atoms with Crippen LogP contribution < -0.4 is 10.6 Å². The minimum atomic E-state index is -4.86. The number of nitrogens with zero attached hydrogens (tertiary/aromatic N) is 2. The number of halogens is 3. The first-order valence-electron chi connectivity index (χ1n) is 10.2. The highest BCUT2D eigenvalue weighted by Gasteiger charge is 2.41. The van der Waals surface area contributed by atoms with Crippen molar-refractivity contribution < 1.29 is 32.3 Å². The topological polar surface area (TPSA) is 102 Å². The molecule has 0 spiro atoms. The lowest BCUT2D eigenvalue weighted by Crippen LogP contribution is -2.33. The van der Waals surface area contributed by atoms with Crippen molar-refractivity contribution in [1.29, 1.82) is 0 Å². The number of carbonyl (C=O) groups is 3. The third kappa shape index (κ3) is 6.21. The van der Waals surface area contributed by atoms with Gasteiger partial charge in [0.05, 0.1) is 31.5 Å². The summed E-state index contributed by atoms with van der Waals surface area (Å²) in [7, 11) is 0. The molecule has 3 rings (SSSR count). The Labute approximate surface area is 192 Å².